The van der Waals surface area contributed by atoms with Gasteiger partial charge in [0.1, 0.15) is 22.1 Å². The Balaban J connectivity index is 1.67. The molecule has 36 heavy (non-hydrogen) atoms. The molecule has 0 spiro atoms. The van der Waals surface area contributed by atoms with Crippen molar-refractivity contribution in [1.82, 2.24) is 14.4 Å². The zero-order valence-electron chi connectivity index (χ0n) is 20.2. The molecule has 1 aromatic carbocycles. The molecule has 1 unspecified atom stereocenters. The van der Waals surface area contributed by atoms with E-state index in [-0.39, 0.29) is 22.3 Å². The van der Waals surface area contributed by atoms with Gasteiger partial charge < -0.3 is 19.9 Å². The number of amides is 1. The molecule has 0 fully saturated rings. The summed E-state index contributed by atoms with van der Waals surface area (Å²) in [5.74, 6) is -0.208. The number of imidazole rings is 1. The quantitative estimate of drug-likeness (QED) is 0.313. The Morgan fingerprint density at radius 1 is 1.11 bits per heavy atom. The summed E-state index contributed by atoms with van der Waals surface area (Å²) in [6.07, 6.45) is 3.82. The van der Waals surface area contributed by atoms with Gasteiger partial charge in [0.05, 0.1) is 22.8 Å². The van der Waals surface area contributed by atoms with Crippen molar-refractivity contribution in [3.63, 3.8) is 0 Å². The molecule has 3 N–H and O–H groups in total. The Morgan fingerprint density at radius 2 is 1.89 bits per heavy atom. The van der Waals surface area contributed by atoms with Gasteiger partial charge in [-0.2, -0.15) is 0 Å². The Morgan fingerprint density at radius 3 is 2.64 bits per heavy atom. The number of carbonyl (C=O) groups excluding carboxylic acids is 1. The van der Waals surface area contributed by atoms with Gasteiger partial charge in [0.2, 0.25) is 0 Å². The molecule has 0 bridgehead atoms. The van der Waals surface area contributed by atoms with Gasteiger partial charge in [0.15, 0.2) is 11.1 Å². The minimum absolute atomic E-state index is 0.0354. The van der Waals surface area contributed by atoms with Gasteiger partial charge in [-0.05, 0) is 63.6 Å². The highest BCUT2D eigenvalue weighted by Crippen LogP contribution is 2.33. The molecule has 0 radical (unpaired) electrons. The van der Waals surface area contributed by atoms with E-state index in [1.54, 1.807) is 19.1 Å². The van der Waals surface area contributed by atoms with Crippen LogP contribution in [0.15, 0.2) is 58.0 Å². The summed E-state index contributed by atoms with van der Waals surface area (Å²) < 4.78 is 8.37. The summed E-state index contributed by atoms with van der Waals surface area (Å²) in [5.41, 5.74) is 11.0. The van der Waals surface area contributed by atoms with Crippen LogP contribution in [0.5, 0.6) is 0 Å². The third-order valence-electron chi connectivity index (χ3n) is 6.16. The summed E-state index contributed by atoms with van der Waals surface area (Å²) >= 11 is 5.96. The number of pyridine rings is 2. The number of carbonyl (C=O) groups is 1. The zero-order chi connectivity index (χ0) is 25.7. The Bertz CT molecular complexity index is 1740. The molecule has 182 valence electrons. The molecular formula is C27H24ClN5O3. The number of aromatic nitrogens is 3. The van der Waals surface area contributed by atoms with Crippen LogP contribution in [-0.2, 0) is 0 Å². The molecule has 1 atom stereocenters. The molecule has 8 nitrogen and oxygen atoms in total. The number of benzene rings is 1. The Hall–Kier alpha value is -4.17. The molecule has 9 heteroatoms. The lowest BCUT2D eigenvalue weighted by atomic mass is 9.99. The van der Waals surface area contributed by atoms with Crippen molar-refractivity contribution in [3.05, 3.63) is 92.2 Å². The lowest BCUT2D eigenvalue weighted by Crippen LogP contribution is -2.18. The van der Waals surface area contributed by atoms with Gasteiger partial charge in [0, 0.05) is 29.1 Å². The number of primary amides is 1. The minimum Gasteiger partial charge on any atom is -0.455 e. The lowest BCUT2D eigenvalue weighted by molar-refractivity contribution is 0.0996. The first-order valence-electron chi connectivity index (χ1n) is 11.4. The van der Waals surface area contributed by atoms with Gasteiger partial charge >= 0.3 is 0 Å². The van der Waals surface area contributed by atoms with E-state index in [2.05, 4.69) is 15.3 Å². The van der Waals surface area contributed by atoms with Crippen molar-refractivity contribution in [3.8, 4) is 11.3 Å². The molecule has 0 saturated carbocycles. The maximum atomic E-state index is 13.5. The summed E-state index contributed by atoms with van der Waals surface area (Å²) in [6.45, 7) is 7.53. The number of hydrogen-bond donors (Lipinski definition) is 2. The van der Waals surface area contributed by atoms with Crippen molar-refractivity contribution < 1.29 is 9.21 Å². The van der Waals surface area contributed by atoms with E-state index in [0.717, 1.165) is 28.0 Å². The molecular weight excluding hydrogens is 478 g/mol. The van der Waals surface area contributed by atoms with Crippen molar-refractivity contribution in [2.24, 2.45) is 5.73 Å². The average molecular weight is 502 g/mol. The molecule has 5 aromatic rings. The van der Waals surface area contributed by atoms with Crippen molar-refractivity contribution in [2.45, 2.75) is 33.7 Å². The number of nitrogens with one attached hydrogen (secondary N) is 1. The average Bonchev–Trinajstić information content (AvgIpc) is 3.21. The van der Waals surface area contributed by atoms with Crippen LogP contribution in [0.25, 0.3) is 27.9 Å². The smallest absolute Gasteiger partial charge is 0.269 e. The fourth-order valence-electron chi connectivity index (χ4n) is 4.47. The standard InChI is InChI=1S/C27H24ClN5O3/c1-13-9-18(16(4)31-20-6-7-21(28)32-23(20)27(29)35)26-19(10-13)24(34)15(3)25(36-26)17-5-8-22-30-14(2)11-33(22)12-17/h5-12,16,31H,1-4H3,(H2,29,35). The summed E-state index contributed by atoms with van der Waals surface area (Å²) in [6, 6.07) is 10.4. The predicted molar refractivity (Wildman–Crippen MR) is 141 cm³/mol. The van der Waals surface area contributed by atoms with Crippen LogP contribution >= 0.6 is 11.6 Å². The van der Waals surface area contributed by atoms with E-state index in [1.165, 1.54) is 0 Å². The number of rotatable bonds is 5. The number of anilines is 1. The minimum atomic E-state index is -0.698. The van der Waals surface area contributed by atoms with Crippen molar-refractivity contribution in [2.75, 3.05) is 5.32 Å². The molecule has 0 aliphatic carbocycles. The van der Waals surface area contributed by atoms with Gasteiger partial charge in [-0.25, -0.2) is 9.97 Å². The SMILES string of the molecule is Cc1cc(C(C)Nc2ccc(Cl)nc2C(N)=O)c2oc(-c3ccc4nc(C)cn4c3)c(C)c(=O)c2c1. The fraction of sp³-hybridized carbons (Fsp3) is 0.185. The predicted octanol–water partition coefficient (Wildman–Crippen LogP) is 5.35. The van der Waals surface area contributed by atoms with Crippen LogP contribution in [0, 0.1) is 20.8 Å². The highest BCUT2D eigenvalue weighted by molar-refractivity contribution is 6.29. The monoisotopic (exact) mass is 501 g/mol. The lowest BCUT2D eigenvalue weighted by Gasteiger charge is -2.20. The number of nitrogens with zero attached hydrogens (tertiary/aromatic N) is 3. The van der Waals surface area contributed by atoms with Gasteiger partial charge in [-0.1, -0.05) is 17.7 Å². The summed E-state index contributed by atoms with van der Waals surface area (Å²) in [7, 11) is 0. The Labute approximate surface area is 211 Å². The second kappa shape index (κ2) is 8.80. The number of hydrogen-bond acceptors (Lipinski definition) is 6. The van der Waals surface area contributed by atoms with Gasteiger partial charge in [-0.15, -0.1) is 0 Å². The maximum Gasteiger partial charge on any atom is 0.269 e. The number of nitrogens with two attached hydrogens (primary N) is 1. The molecule has 0 saturated heterocycles. The fourth-order valence-corrected chi connectivity index (χ4v) is 4.62. The van der Waals surface area contributed by atoms with Crippen LogP contribution in [0.2, 0.25) is 5.15 Å². The third-order valence-corrected chi connectivity index (χ3v) is 6.37. The van der Waals surface area contributed by atoms with E-state index in [9.17, 15) is 9.59 Å². The van der Waals surface area contributed by atoms with Crippen LogP contribution in [0.4, 0.5) is 5.69 Å². The van der Waals surface area contributed by atoms with Crippen molar-refractivity contribution >= 4 is 39.8 Å². The largest absolute Gasteiger partial charge is 0.455 e. The normalized spacial score (nSPS) is 12.2. The number of aryl methyl sites for hydroxylation is 2. The molecule has 0 aliphatic rings. The van der Waals surface area contributed by atoms with Crippen LogP contribution < -0.4 is 16.5 Å². The van der Waals surface area contributed by atoms with Gasteiger partial charge in [-0.3, -0.25) is 9.59 Å². The Kier molecular flexibility index (Phi) is 5.76. The molecule has 4 heterocycles. The summed E-state index contributed by atoms with van der Waals surface area (Å²) in [5, 5.41) is 3.93. The van der Waals surface area contributed by atoms with E-state index in [1.807, 2.05) is 61.8 Å². The molecule has 1 amide bonds. The van der Waals surface area contributed by atoms with Crippen molar-refractivity contribution in [1.29, 1.82) is 0 Å². The molecule has 0 aliphatic heterocycles. The first-order chi connectivity index (χ1) is 17.1. The topological polar surface area (TPSA) is 116 Å². The number of fused-ring (bicyclic) bond motifs is 2. The first-order valence-corrected chi connectivity index (χ1v) is 11.8. The second-order valence-corrected chi connectivity index (χ2v) is 9.33. The van der Waals surface area contributed by atoms with Gasteiger partial charge in [0.25, 0.3) is 5.91 Å². The highest BCUT2D eigenvalue weighted by Gasteiger charge is 2.21. The summed E-state index contributed by atoms with van der Waals surface area (Å²) in [4.78, 5) is 33.9. The molecule has 4 aromatic heterocycles. The van der Waals surface area contributed by atoms with E-state index >= 15 is 0 Å². The zero-order valence-corrected chi connectivity index (χ0v) is 21.0. The maximum absolute atomic E-state index is 13.5. The third kappa shape index (κ3) is 4.09. The van der Waals surface area contributed by atoms with Crippen LogP contribution in [0.1, 0.15) is 45.8 Å². The highest BCUT2D eigenvalue weighted by atomic mass is 35.5. The molecule has 5 rings (SSSR count). The van der Waals surface area contributed by atoms with E-state index in [4.69, 9.17) is 21.8 Å². The van der Waals surface area contributed by atoms with Crippen LogP contribution in [0.3, 0.4) is 0 Å². The first kappa shape index (κ1) is 23.6. The van der Waals surface area contributed by atoms with E-state index < -0.39 is 5.91 Å². The van der Waals surface area contributed by atoms with Crippen LogP contribution in [-0.4, -0.2) is 20.3 Å². The second-order valence-electron chi connectivity index (χ2n) is 8.94. The van der Waals surface area contributed by atoms with E-state index in [0.29, 0.717) is 28.0 Å². The number of halogens is 1.